The Balaban J connectivity index is 2.20. The average molecular weight is 229 g/mol. The lowest BCUT2D eigenvalue weighted by atomic mass is 9.85. The van der Waals surface area contributed by atoms with E-state index in [0.29, 0.717) is 6.61 Å². The molecule has 3 unspecified atom stereocenters. The van der Waals surface area contributed by atoms with E-state index < -0.39 is 5.92 Å². The van der Waals surface area contributed by atoms with Crippen molar-refractivity contribution in [2.24, 2.45) is 5.92 Å². The molecule has 1 aromatic carbocycles. The molecule has 1 fully saturated rings. The summed E-state index contributed by atoms with van der Waals surface area (Å²) in [5, 5.41) is 9.18. The van der Waals surface area contributed by atoms with E-state index in [1.807, 2.05) is 37.3 Å². The molecule has 0 radical (unpaired) electrons. The third kappa shape index (κ3) is 2.37. The highest BCUT2D eigenvalue weighted by atomic mass is 16.5. The van der Waals surface area contributed by atoms with E-state index in [-0.39, 0.29) is 17.8 Å². The number of ether oxygens (including phenoxy) is 1. The van der Waals surface area contributed by atoms with Gasteiger partial charge in [0.2, 0.25) is 0 Å². The number of nitrogens with zero attached hydrogens (tertiary/aromatic N) is 1. The summed E-state index contributed by atoms with van der Waals surface area (Å²) < 4.78 is 5.39. The van der Waals surface area contributed by atoms with Gasteiger partial charge in [-0.2, -0.15) is 5.26 Å². The van der Waals surface area contributed by atoms with Crippen LogP contribution in [-0.4, -0.2) is 18.5 Å². The molecule has 1 heterocycles. The summed E-state index contributed by atoms with van der Waals surface area (Å²) >= 11 is 0. The molecule has 1 aliphatic heterocycles. The Morgan fingerprint density at radius 2 is 2.18 bits per heavy atom. The number of rotatable bonds is 3. The first-order chi connectivity index (χ1) is 8.24. The van der Waals surface area contributed by atoms with Crippen molar-refractivity contribution in [3.63, 3.8) is 0 Å². The molecule has 0 bridgehead atoms. The minimum Gasteiger partial charge on any atom is -0.378 e. The van der Waals surface area contributed by atoms with Crippen molar-refractivity contribution in [3.05, 3.63) is 35.9 Å². The van der Waals surface area contributed by atoms with E-state index in [2.05, 4.69) is 6.07 Å². The molecule has 3 nitrogen and oxygen atoms in total. The van der Waals surface area contributed by atoms with E-state index in [4.69, 9.17) is 4.74 Å². The van der Waals surface area contributed by atoms with Gasteiger partial charge < -0.3 is 4.74 Å². The van der Waals surface area contributed by atoms with Gasteiger partial charge in [-0.15, -0.1) is 0 Å². The predicted octanol–water partition coefficient (Wildman–Crippen LogP) is 2.29. The number of carbonyl (C=O) groups excluding carboxylic acids is 1. The zero-order valence-electron chi connectivity index (χ0n) is 9.80. The van der Waals surface area contributed by atoms with Crippen LogP contribution in [0.2, 0.25) is 0 Å². The van der Waals surface area contributed by atoms with Gasteiger partial charge in [0, 0.05) is 12.5 Å². The van der Waals surface area contributed by atoms with E-state index in [9.17, 15) is 10.1 Å². The molecular weight excluding hydrogens is 214 g/mol. The minimum absolute atomic E-state index is 0.0105. The van der Waals surface area contributed by atoms with Crippen LogP contribution in [0.4, 0.5) is 0 Å². The second kappa shape index (κ2) is 5.11. The fraction of sp³-hybridized carbons (Fsp3) is 0.429. The van der Waals surface area contributed by atoms with Gasteiger partial charge >= 0.3 is 0 Å². The number of benzene rings is 1. The SMILES string of the molecule is CC1OCCC1C(=O)C(C#N)c1ccccc1. The van der Waals surface area contributed by atoms with Crippen molar-refractivity contribution in [1.82, 2.24) is 0 Å². The van der Waals surface area contributed by atoms with Crippen LogP contribution in [0.5, 0.6) is 0 Å². The summed E-state index contributed by atoms with van der Waals surface area (Å²) in [5.74, 6) is -0.811. The molecule has 1 aliphatic rings. The van der Waals surface area contributed by atoms with Crippen LogP contribution in [0.1, 0.15) is 24.8 Å². The largest absolute Gasteiger partial charge is 0.378 e. The maximum Gasteiger partial charge on any atom is 0.160 e. The van der Waals surface area contributed by atoms with E-state index in [1.54, 1.807) is 0 Å². The van der Waals surface area contributed by atoms with Crippen LogP contribution in [0.3, 0.4) is 0 Å². The van der Waals surface area contributed by atoms with Crippen molar-refractivity contribution in [2.75, 3.05) is 6.61 Å². The lowest BCUT2D eigenvalue weighted by Crippen LogP contribution is -2.26. The number of hydrogen-bond acceptors (Lipinski definition) is 3. The van der Waals surface area contributed by atoms with Gasteiger partial charge in [0.05, 0.1) is 12.2 Å². The van der Waals surface area contributed by atoms with E-state index in [0.717, 1.165) is 12.0 Å². The van der Waals surface area contributed by atoms with Crippen LogP contribution in [0, 0.1) is 17.2 Å². The summed E-state index contributed by atoms with van der Waals surface area (Å²) in [4.78, 5) is 12.3. The monoisotopic (exact) mass is 229 g/mol. The lowest BCUT2D eigenvalue weighted by Gasteiger charge is -2.16. The third-order valence-corrected chi connectivity index (χ3v) is 3.29. The second-order valence-electron chi connectivity index (χ2n) is 4.35. The van der Waals surface area contributed by atoms with Crippen LogP contribution in [-0.2, 0) is 9.53 Å². The smallest absolute Gasteiger partial charge is 0.160 e. The fourth-order valence-electron chi connectivity index (χ4n) is 2.27. The Morgan fingerprint density at radius 3 is 2.71 bits per heavy atom. The van der Waals surface area contributed by atoms with E-state index >= 15 is 0 Å². The number of hydrogen-bond donors (Lipinski definition) is 0. The van der Waals surface area contributed by atoms with Gasteiger partial charge in [-0.25, -0.2) is 0 Å². The second-order valence-corrected chi connectivity index (χ2v) is 4.35. The molecule has 3 heteroatoms. The van der Waals surface area contributed by atoms with Crippen molar-refractivity contribution in [3.8, 4) is 6.07 Å². The third-order valence-electron chi connectivity index (χ3n) is 3.29. The molecule has 0 amide bonds. The number of Topliss-reactive ketones (excluding diaryl/α,β-unsaturated/α-hetero) is 1. The zero-order valence-corrected chi connectivity index (χ0v) is 9.80. The average Bonchev–Trinajstić information content (AvgIpc) is 2.77. The maximum atomic E-state index is 12.3. The van der Waals surface area contributed by atoms with Crippen LogP contribution >= 0.6 is 0 Å². The minimum atomic E-state index is -0.662. The molecule has 0 saturated carbocycles. The summed E-state index contributed by atoms with van der Waals surface area (Å²) in [5.41, 5.74) is 0.777. The maximum absolute atomic E-state index is 12.3. The van der Waals surface area contributed by atoms with Gasteiger partial charge in [-0.1, -0.05) is 30.3 Å². The summed E-state index contributed by atoms with van der Waals surface area (Å²) in [7, 11) is 0. The molecule has 0 aromatic heterocycles. The molecule has 0 N–H and O–H groups in total. The number of nitriles is 1. The Kier molecular flexibility index (Phi) is 3.55. The quantitative estimate of drug-likeness (QED) is 0.799. The molecule has 0 spiro atoms. The molecule has 3 atom stereocenters. The first-order valence-corrected chi connectivity index (χ1v) is 5.84. The zero-order chi connectivity index (χ0) is 12.3. The molecule has 1 saturated heterocycles. The fourth-order valence-corrected chi connectivity index (χ4v) is 2.27. The highest BCUT2D eigenvalue weighted by Gasteiger charge is 2.35. The van der Waals surface area contributed by atoms with Gasteiger partial charge in [0.15, 0.2) is 5.78 Å². The highest BCUT2D eigenvalue weighted by Crippen LogP contribution is 2.28. The highest BCUT2D eigenvalue weighted by molar-refractivity contribution is 5.91. The number of ketones is 1. The Labute approximate surface area is 101 Å². The van der Waals surface area contributed by atoms with Crippen molar-refractivity contribution in [1.29, 1.82) is 5.26 Å². The van der Waals surface area contributed by atoms with Gasteiger partial charge in [0.25, 0.3) is 0 Å². The Bertz CT molecular complexity index is 435. The van der Waals surface area contributed by atoms with E-state index in [1.165, 1.54) is 0 Å². The topological polar surface area (TPSA) is 50.1 Å². The molecule has 1 aromatic rings. The standard InChI is InChI=1S/C14H15NO2/c1-10-12(7-8-17-10)14(16)13(9-15)11-5-3-2-4-6-11/h2-6,10,12-13H,7-8H2,1H3. The first-order valence-electron chi connectivity index (χ1n) is 5.84. The molecule has 88 valence electrons. The summed E-state index contributed by atoms with van der Waals surface area (Å²) in [6.07, 6.45) is 0.660. The van der Waals surface area contributed by atoms with Crippen molar-refractivity contribution in [2.45, 2.75) is 25.4 Å². The molecule has 17 heavy (non-hydrogen) atoms. The molecular formula is C14H15NO2. The lowest BCUT2D eigenvalue weighted by molar-refractivity contribution is -0.124. The predicted molar refractivity (Wildman–Crippen MR) is 63.3 cm³/mol. The molecule has 0 aliphatic carbocycles. The van der Waals surface area contributed by atoms with Gasteiger partial charge in [-0.3, -0.25) is 4.79 Å². The van der Waals surface area contributed by atoms with Crippen molar-refractivity contribution < 1.29 is 9.53 Å². The normalized spacial score (nSPS) is 25.2. The van der Waals surface area contributed by atoms with Gasteiger partial charge in [0.1, 0.15) is 5.92 Å². The van der Waals surface area contributed by atoms with Gasteiger partial charge in [-0.05, 0) is 18.9 Å². The van der Waals surface area contributed by atoms with Crippen molar-refractivity contribution >= 4 is 5.78 Å². The summed E-state index contributed by atoms with van der Waals surface area (Å²) in [6, 6.07) is 11.3. The first kappa shape index (κ1) is 11.8. The summed E-state index contributed by atoms with van der Waals surface area (Å²) in [6.45, 7) is 2.51. The van der Waals surface area contributed by atoms with Crippen LogP contribution in [0.15, 0.2) is 30.3 Å². The number of carbonyl (C=O) groups is 1. The van der Waals surface area contributed by atoms with Crippen LogP contribution in [0.25, 0.3) is 0 Å². The molecule has 2 rings (SSSR count). The Morgan fingerprint density at radius 1 is 1.47 bits per heavy atom. The Hall–Kier alpha value is -1.66. The van der Waals surface area contributed by atoms with Crippen LogP contribution < -0.4 is 0 Å².